The molecule has 19 heavy (non-hydrogen) atoms. The van der Waals surface area contributed by atoms with Crippen molar-refractivity contribution in [2.75, 3.05) is 6.26 Å². The molecule has 0 bridgehead atoms. The molecule has 0 fully saturated rings. The molecule has 0 amide bonds. The molecule has 1 unspecified atom stereocenters. The zero-order valence-corrected chi connectivity index (χ0v) is 13.0. The fourth-order valence-electron chi connectivity index (χ4n) is 1.58. The summed E-state index contributed by atoms with van der Waals surface area (Å²) in [7, 11) is 0. The van der Waals surface area contributed by atoms with Crippen molar-refractivity contribution in [3.63, 3.8) is 0 Å². The molecular weight excluding hydrogens is 301 g/mol. The summed E-state index contributed by atoms with van der Waals surface area (Å²) in [4.78, 5) is 0.601. The molecule has 0 aliphatic heterocycles. The number of hydrogen-bond acceptors (Lipinski definition) is 6. The van der Waals surface area contributed by atoms with Crippen molar-refractivity contribution in [3.8, 4) is 0 Å². The first-order valence-electron chi connectivity index (χ1n) is 5.68. The van der Waals surface area contributed by atoms with E-state index in [1.54, 1.807) is 6.07 Å². The average Bonchev–Trinajstić information content (AvgIpc) is 2.81. The Labute approximate surface area is 124 Å². The molecule has 0 saturated carbocycles. The number of nitrogens with two attached hydrogens (primary N) is 1. The van der Waals surface area contributed by atoms with Gasteiger partial charge < -0.3 is 5.73 Å². The lowest BCUT2D eigenvalue weighted by molar-refractivity contribution is 0.592. The van der Waals surface area contributed by atoms with Gasteiger partial charge in [0.1, 0.15) is 5.82 Å². The predicted molar refractivity (Wildman–Crippen MR) is 79.6 cm³/mol. The number of hydrogen-bond donors (Lipinski definition) is 1. The van der Waals surface area contributed by atoms with Gasteiger partial charge in [-0.15, -0.1) is 10.2 Å². The van der Waals surface area contributed by atoms with E-state index in [2.05, 4.69) is 10.2 Å². The fourth-order valence-corrected chi connectivity index (χ4v) is 4.10. The van der Waals surface area contributed by atoms with Crippen LogP contribution in [-0.2, 0) is 6.42 Å². The van der Waals surface area contributed by atoms with E-state index < -0.39 is 0 Å². The van der Waals surface area contributed by atoms with Crippen molar-refractivity contribution in [2.24, 2.45) is 5.73 Å². The summed E-state index contributed by atoms with van der Waals surface area (Å²) in [5.41, 5.74) is 6.72. The van der Waals surface area contributed by atoms with Crippen molar-refractivity contribution < 1.29 is 4.39 Å². The molecule has 1 atom stereocenters. The molecule has 0 aliphatic rings. The van der Waals surface area contributed by atoms with Crippen LogP contribution in [-0.4, -0.2) is 22.5 Å². The lowest BCUT2D eigenvalue weighted by atomic mass is 10.1. The van der Waals surface area contributed by atoms with Gasteiger partial charge in [-0.2, -0.15) is 0 Å². The largest absolute Gasteiger partial charge is 0.328 e. The van der Waals surface area contributed by atoms with Crippen LogP contribution in [0, 0.1) is 5.82 Å². The number of rotatable bonds is 5. The Morgan fingerprint density at radius 3 is 2.74 bits per heavy atom. The fraction of sp³-hybridized carbons (Fsp3) is 0.333. The van der Waals surface area contributed by atoms with Gasteiger partial charge in [0, 0.05) is 6.04 Å². The second-order valence-electron chi connectivity index (χ2n) is 4.05. The number of nitrogens with zero attached hydrogens (tertiary/aromatic N) is 2. The molecule has 0 radical (unpaired) electrons. The minimum absolute atomic E-state index is 0.00247. The third-order valence-electron chi connectivity index (χ3n) is 2.34. The molecule has 2 rings (SSSR count). The number of halogens is 1. The normalized spacial score (nSPS) is 12.6. The molecule has 1 aromatic carbocycles. The van der Waals surface area contributed by atoms with E-state index in [9.17, 15) is 4.39 Å². The summed E-state index contributed by atoms with van der Waals surface area (Å²) in [6, 6.07) is 5.08. The van der Waals surface area contributed by atoms with Gasteiger partial charge in [0.2, 0.25) is 0 Å². The highest BCUT2D eigenvalue weighted by Crippen LogP contribution is 2.36. The van der Waals surface area contributed by atoms with Crippen LogP contribution < -0.4 is 5.73 Å². The summed E-state index contributed by atoms with van der Waals surface area (Å²) in [5.74, 6) is -0.232. The van der Waals surface area contributed by atoms with Gasteiger partial charge in [-0.05, 0) is 31.2 Å². The summed E-state index contributed by atoms with van der Waals surface area (Å²) in [6.45, 7) is 1.91. The van der Waals surface area contributed by atoms with Crippen LogP contribution in [0.3, 0.4) is 0 Å². The lowest BCUT2D eigenvalue weighted by Gasteiger charge is -2.10. The Hall–Kier alpha value is -0.630. The molecule has 0 aliphatic carbocycles. The summed E-state index contributed by atoms with van der Waals surface area (Å²) in [5, 5.41) is 8.07. The Morgan fingerprint density at radius 2 is 2.11 bits per heavy atom. The maximum absolute atomic E-state index is 14.0. The molecule has 2 N–H and O–H groups in total. The molecule has 3 nitrogen and oxygen atoms in total. The maximum atomic E-state index is 14.0. The Kier molecular flexibility index (Phi) is 5.20. The zero-order valence-electron chi connectivity index (χ0n) is 10.6. The van der Waals surface area contributed by atoms with Crippen LogP contribution in [0.4, 0.5) is 4.39 Å². The van der Waals surface area contributed by atoms with E-state index in [4.69, 9.17) is 5.73 Å². The van der Waals surface area contributed by atoms with E-state index >= 15 is 0 Å². The Bertz CT molecular complexity index is 557. The highest BCUT2D eigenvalue weighted by atomic mass is 32.2. The van der Waals surface area contributed by atoms with Crippen molar-refractivity contribution >= 4 is 34.9 Å². The first-order chi connectivity index (χ1) is 9.10. The highest BCUT2D eigenvalue weighted by Gasteiger charge is 2.14. The molecule has 1 aromatic heterocycles. The average molecular weight is 315 g/mol. The molecule has 2 aromatic rings. The SMILES string of the molecule is CSc1nnc(Sc2c(F)cccc2CC(C)N)s1. The molecule has 1 heterocycles. The standard InChI is InChI=1S/C12H14FN3S3/c1-7(14)6-8-4-3-5-9(13)10(8)18-12-16-15-11(17-2)19-12/h3-5,7H,6,14H2,1-2H3. The van der Waals surface area contributed by atoms with E-state index in [0.717, 1.165) is 14.2 Å². The van der Waals surface area contributed by atoms with Crippen LogP contribution in [0.5, 0.6) is 0 Å². The quantitative estimate of drug-likeness (QED) is 0.857. The Morgan fingerprint density at radius 1 is 1.37 bits per heavy atom. The van der Waals surface area contributed by atoms with Gasteiger partial charge in [0.25, 0.3) is 0 Å². The summed E-state index contributed by atoms with van der Waals surface area (Å²) >= 11 is 4.33. The van der Waals surface area contributed by atoms with Crippen molar-refractivity contribution in [2.45, 2.75) is 33.0 Å². The molecule has 102 valence electrons. The van der Waals surface area contributed by atoms with Crippen LogP contribution >= 0.6 is 34.9 Å². The van der Waals surface area contributed by atoms with Gasteiger partial charge >= 0.3 is 0 Å². The van der Waals surface area contributed by atoms with E-state index in [-0.39, 0.29) is 11.9 Å². The van der Waals surface area contributed by atoms with Crippen LogP contribution in [0.1, 0.15) is 12.5 Å². The first-order valence-corrected chi connectivity index (χ1v) is 8.54. The van der Waals surface area contributed by atoms with E-state index in [0.29, 0.717) is 11.3 Å². The van der Waals surface area contributed by atoms with Gasteiger partial charge in [0.05, 0.1) is 4.90 Å². The van der Waals surface area contributed by atoms with Gasteiger partial charge in [-0.25, -0.2) is 4.39 Å². The third kappa shape index (κ3) is 3.92. The van der Waals surface area contributed by atoms with Gasteiger partial charge in [-0.3, -0.25) is 0 Å². The molecule has 7 heteroatoms. The number of thioether (sulfide) groups is 1. The zero-order chi connectivity index (χ0) is 13.8. The van der Waals surface area contributed by atoms with E-state index in [1.165, 1.54) is 40.9 Å². The monoisotopic (exact) mass is 315 g/mol. The lowest BCUT2D eigenvalue weighted by Crippen LogP contribution is -2.18. The minimum Gasteiger partial charge on any atom is -0.328 e. The van der Waals surface area contributed by atoms with Gasteiger partial charge in [0.15, 0.2) is 8.68 Å². The predicted octanol–water partition coefficient (Wildman–Crippen LogP) is 3.44. The van der Waals surface area contributed by atoms with Crippen LogP contribution in [0.15, 0.2) is 31.8 Å². The molecule has 0 spiro atoms. The maximum Gasteiger partial charge on any atom is 0.179 e. The molecular formula is C12H14FN3S3. The Balaban J connectivity index is 2.27. The summed E-state index contributed by atoms with van der Waals surface area (Å²) < 4.78 is 15.6. The number of aromatic nitrogens is 2. The van der Waals surface area contributed by atoms with Crippen molar-refractivity contribution in [3.05, 3.63) is 29.6 Å². The number of benzene rings is 1. The van der Waals surface area contributed by atoms with Crippen LogP contribution in [0.2, 0.25) is 0 Å². The van der Waals surface area contributed by atoms with Crippen LogP contribution in [0.25, 0.3) is 0 Å². The summed E-state index contributed by atoms with van der Waals surface area (Å²) in [6.07, 6.45) is 2.59. The van der Waals surface area contributed by atoms with E-state index in [1.807, 2.05) is 19.2 Å². The first kappa shape index (κ1) is 14.8. The topological polar surface area (TPSA) is 51.8 Å². The minimum atomic E-state index is -0.232. The smallest absolute Gasteiger partial charge is 0.179 e. The molecule has 0 saturated heterocycles. The van der Waals surface area contributed by atoms with Crippen molar-refractivity contribution in [1.29, 1.82) is 0 Å². The van der Waals surface area contributed by atoms with Crippen molar-refractivity contribution in [1.82, 2.24) is 10.2 Å². The second-order valence-corrected chi connectivity index (χ2v) is 7.34. The second kappa shape index (κ2) is 6.69. The highest BCUT2D eigenvalue weighted by molar-refractivity contribution is 8.03. The van der Waals surface area contributed by atoms with Gasteiger partial charge in [-0.1, -0.05) is 47.0 Å². The third-order valence-corrected chi connectivity index (χ3v) is 5.45.